The molecule has 19 heavy (non-hydrogen) atoms. The molecule has 0 spiro atoms. The Bertz CT molecular complexity index is 473. The molecule has 3 rings (SSSR count). The average Bonchev–Trinajstić information content (AvgIpc) is 2.93. The Kier molecular flexibility index (Phi) is 2.99. The van der Waals surface area contributed by atoms with Crippen LogP contribution in [-0.2, 0) is 0 Å². The Labute approximate surface area is 110 Å². The zero-order valence-corrected chi connectivity index (χ0v) is 10.8. The van der Waals surface area contributed by atoms with Gasteiger partial charge in [-0.15, -0.1) is 8.78 Å². The van der Waals surface area contributed by atoms with Crippen LogP contribution in [0.1, 0.15) is 32.6 Å². The Morgan fingerprint density at radius 1 is 1.21 bits per heavy atom. The van der Waals surface area contributed by atoms with E-state index in [0.717, 1.165) is 5.69 Å². The van der Waals surface area contributed by atoms with Gasteiger partial charge in [-0.25, -0.2) is 0 Å². The van der Waals surface area contributed by atoms with Crippen molar-refractivity contribution in [2.75, 3.05) is 5.32 Å². The van der Waals surface area contributed by atoms with Crippen molar-refractivity contribution in [2.24, 2.45) is 5.92 Å². The zero-order valence-electron chi connectivity index (χ0n) is 10.8. The minimum atomic E-state index is -3.54. The number of anilines is 1. The van der Waals surface area contributed by atoms with Gasteiger partial charge in [-0.3, -0.25) is 0 Å². The zero-order chi connectivity index (χ0) is 13.5. The van der Waals surface area contributed by atoms with Crippen LogP contribution in [-0.4, -0.2) is 12.3 Å². The monoisotopic (exact) mass is 269 g/mol. The van der Waals surface area contributed by atoms with E-state index >= 15 is 0 Å². The van der Waals surface area contributed by atoms with E-state index < -0.39 is 6.29 Å². The molecule has 0 radical (unpaired) electrons. The number of benzene rings is 1. The van der Waals surface area contributed by atoms with Crippen LogP contribution < -0.4 is 14.8 Å². The van der Waals surface area contributed by atoms with Gasteiger partial charge in [-0.1, -0.05) is 12.8 Å². The van der Waals surface area contributed by atoms with E-state index in [0.29, 0.717) is 12.0 Å². The molecule has 104 valence electrons. The van der Waals surface area contributed by atoms with Crippen LogP contribution in [0.25, 0.3) is 0 Å². The van der Waals surface area contributed by atoms with Crippen LogP contribution in [0, 0.1) is 5.92 Å². The number of halogens is 2. The van der Waals surface area contributed by atoms with Crippen LogP contribution in [0.15, 0.2) is 18.2 Å². The smallest absolute Gasteiger partial charge is 0.395 e. The van der Waals surface area contributed by atoms with Crippen LogP contribution >= 0.6 is 0 Å². The number of fused-ring (bicyclic) bond motifs is 1. The summed E-state index contributed by atoms with van der Waals surface area (Å²) in [6.45, 7) is 2.13. The summed E-state index contributed by atoms with van der Waals surface area (Å²) in [5.41, 5.74) is 0.791. The largest absolute Gasteiger partial charge is 0.586 e. The molecule has 2 aliphatic rings. The van der Waals surface area contributed by atoms with Crippen LogP contribution in [0.5, 0.6) is 11.5 Å². The van der Waals surface area contributed by atoms with Crippen molar-refractivity contribution >= 4 is 5.69 Å². The SMILES string of the molecule is CC(Nc1ccc2c(c1)OC(F)(F)O2)C1CCCC1. The number of nitrogens with one attached hydrogen (secondary N) is 1. The standard InChI is InChI=1S/C14H17F2NO2/c1-9(10-4-2-3-5-10)17-11-6-7-12-13(8-11)19-14(15,16)18-12/h6-10,17H,2-5H2,1H3. The van der Waals surface area contributed by atoms with Gasteiger partial charge in [0.1, 0.15) is 0 Å². The number of hydrogen-bond acceptors (Lipinski definition) is 3. The molecule has 1 atom stereocenters. The summed E-state index contributed by atoms with van der Waals surface area (Å²) in [5.74, 6) is 0.838. The van der Waals surface area contributed by atoms with Crippen LogP contribution in [0.4, 0.5) is 14.5 Å². The predicted octanol–water partition coefficient (Wildman–Crippen LogP) is 4.00. The van der Waals surface area contributed by atoms with Crippen molar-refractivity contribution in [3.8, 4) is 11.5 Å². The van der Waals surface area contributed by atoms with Gasteiger partial charge in [0.05, 0.1) is 0 Å². The molecule has 0 saturated heterocycles. The fraction of sp³-hybridized carbons (Fsp3) is 0.571. The summed E-state index contributed by atoms with van der Waals surface area (Å²) in [7, 11) is 0. The van der Waals surface area contributed by atoms with Crippen molar-refractivity contribution in [1.29, 1.82) is 0 Å². The molecule has 3 nitrogen and oxygen atoms in total. The predicted molar refractivity (Wildman–Crippen MR) is 67.7 cm³/mol. The molecular formula is C14H17F2NO2. The Hall–Kier alpha value is -1.52. The first-order valence-electron chi connectivity index (χ1n) is 6.70. The summed E-state index contributed by atoms with van der Waals surface area (Å²) in [4.78, 5) is 0. The first-order chi connectivity index (χ1) is 9.03. The third kappa shape index (κ3) is 2.60. The van der Waals surface area contributed by atoms with E-state index in [2.05, 4.69) is 21.7 Å². The van der Waals surface area contributed by atoms with Crippen LogP contribution in [0.2, 0.25) is 0 Å². The Morgan fingerprint density at radius 2 is 1.89 bits per heavy atom. The quantitative estimate of drug-likeness (QED) is 0.899. The Balaban J connectivity index is 1.70. The molecule has 0 amide bonds. The highest BCUT2D eigenvalue weighted by Crippen LogP contribution is 2.42. The second-order valence-electron chi connectivity index (χ2n) is 5.31. The third-order valence-electron chi connectivity index (χ3n) is 3.90. The highest BCUT2D eigenvalue weighted by Gasteiger charge is 2.43. The van der Waals surface area contributed by atoms with Gasteiger partial charge < -0.3 is 14.8 Å². The number of rotatable bonds is 3. The highest BCUT2D eigenvalue weighted by atomic mass is 19.3. The topological polar surface area (TPSA) is 30.5 Å². The van der Waals surface area contributed by atoms with Crippen LogP contribution in [0.3, 0.4) is 0 Å². The Morgan fingerprint density at radius 3 is 2.63 bits per heavy atom. The van der Waals surface area contributed by atoms with Gasteiger partial charge in [0.2, 0.25) is 0 Å². The molecule has 1 aromatic rings. The number of hydrogen-bond donors (Lipinski definition) is 1. The summed E-state index contributed by atoms with van der Waals surface area (Å²) >= 11 is 0. The van der Waals surface area contributed by atoms with Crippen molar-refractivity contribution in [2.45, 2.75) is 44.9 Å². The maximum absolute atomic E-state index is 12.9. The molecule has 0 bridgehead atoms. The lowest BCUT2D eigenvalue weighted by molar-refractivity contribution is -0.286. The average molecular weight is 269 g/mol. The maximum Gasteiger partial charge on any atom is 0.586 e. The summed E-state index contributed by atoms with van der Waals surface area (Å²) in [6, 6.07) is 5.17. The molecule has 1 unspecified atom stereocenters. The summed E-state index contributed by atoms with van der Waals surface area (Å²) in [6.07, 6.45) is 1.49. The molecule has 1 aromatic carbocycles. The molecule has 5 heteroatoms. The molecule has 1 fully saturated rings. The normalized spacial score (nSPS) is 22.5. The molecule has 0 aromatic heterocycles. The number of alkyl halides is 2. The van der Waals surface area contributed by atoms with E-state index in [4.69, 9.17) is 0 Å². The lowest BCUT2D eigenvalue weighted by atomic mass is 9.99. The second-order valence-corrected chi connectivity index (χ2v) is 5.31. The molecule has 1 N–H and O–H groups in total. The van der Waals surface area contributed by atoms with E-state index in [9.17, 15) is 8.78 Å². The molecule has 1 aliphatic carbocycles. The fourth-order valence-corrected chi connectivity index (χ4v) is 2.88. The fourth-order valence-electron chi connectivity index (χ4n) is 2.88. The van der Waals surface area contributed by atoms with Gasteiger partial charge in [-0.2, -0.15) is 0 Å². The van der Waals surface area contributed by atoms with Crippen molar-refractivity contribution in [3.05, 3.63) is 18.2 Å². The van der Waals surface area contributed by atoms with Crippen molar-refractivity contribution < 1.29 is 18.3 Å². The van der Waals surface area contributed by atoms with E-state index in [1.807, 2.05) is 0 Å². The van der Waals surface area contributed by atoms with Crippen molar-refractivity contribution in [3.63, 3.8) is 0 Å². The second kappa shape index (κ2) is 4.54. The third-order valence-corrected chi connectivity index (χ3v) is 3.90. The first kappa shape index (κ1) is 12.5. The van der Waals surface area contributed by atoms with E-state index in [1.54, 1.807) is 12.1 Å². The molecular weight excluding hydrogens is 252 g/mol. The van der Waals surface area contributed by atoms with Gasteiger partial charge in [-0.05, 0) is 37.8 Å². The van der Waals surface area contributed by atoms with E-state index in [-0.39, 0.29) is 11.5 Å². The minimum absolute atomic E-state index is 0.0871. The highest BCUT2D eigenvalue weighted by molar-refractivity contribution is 5.56. The molecule has 1 saturated carbocycles. The van der Waals surface area contributed by atoms with Gasteiger partial charge in [0, 0.05) is 17.8 Å². The summed E-state index contributed by atoms with van der Waals surface area (Å²) in [5, 5.41) is 3.36. The lowest BCUT2D eigenvalue weighted by Crippen LogP contribution is -2.26. The molecule has 1 aliphatic heterocycles. The minimum Gasteiger partial charge on any atom is -0.395 e. The first-order valence-corrected chi connectivity index (χ1v) is 6.70. The lowest BCUT2D eigenvalue weighted by Gasteiger charge is -2.21. The van der Waals surface area contributed by atoms with Gasteiger partial charge in [0.15, 0.2) is 11.5 Å². The summed E-state index contributed by atoms with van der Waals surface area (Å²) < 4.78 is 34.6. The van der Waals surface area contributed by atoms with E-state index in [1.165, 1.54) is 31.7 Å². The van der Waals surface area contributed by atoms with Crippen molar-refractivity contribution in [1.82, 2.24) is 0 Å². The molecule has 1 heterocycles. The maximum atomic E-state index is 12.9. The van der Waals surface area contributed by atoms with Gasteiger partial charge in [0.25, 0.3) is 0 Å². The van der Waals surface area contributed by atoms with Gasteiger partial charge >= 0.3 is 6.29 Å². The number of ether oxygens (including phenoxy) is 2.